The fraction of sp³-hybridized carbons (Fsp3) is 0.467. The van der Waals surface area contributed by atoms with E-state index in [0.29, 0.717) is 13.0 Å². The molecule has 124 valence electrons. The van der Waals surface area contributed by atoms with Gasteiger partial charge < -0.3 is 4.74 Å². The van der Waals surface area contributed by atoms with E-state index in [1.165, 1.54) is 10.9 Å². The van der Waals surface area contributed by atoms with Crippen LogP contribution in [-0.2, 0) is 23.5 Å². The van der Waals surface area contributed by atoms with Crippen LogP contribution in [0.3, 0.4) is 0 Å². The lowest BCUT2D eigenvalue weighted by Crippen LogP contribution is -2.37. The van der Waals surface area contributed by atoms with Gasteiger partial charge >= 0.3 is 0 Å². The highest BCUT2D eigenvalue weighted by atomic mass is 32.2. The molecule has 7 nitrogen and oxygen atoms in total. The third kappa shape index (κ3) is 2.96. The van der Waals surface area contributed by atoms with Crippen molar-refractivity contribution in [1.29, 1.82) is 0 Å². The van der Waals surface area contributed by atoms with Gasteiger partial charge in [-0.15, -0.1) is 5.10 Å². The molecule has 1 aliphatic rings. The van der Waals surface area contributed by atoms with E-state index in [9.17, 15) is 8.42 Å². The van der Waals surface area contributed by atoms with Crippen molar-refractivity contribution in [3.8, 4) is 5.75 Å². The van der Waals surface area contributed by atoms with Crippen molar-refractivity contribution in [2.45, 2.75) is 30.3 Å². The Balaban J connectivity index is 1.88. The first kappa shape index (κ1) is 15.9. The molecule has 1 atom stereocenters. The number of rotatable bonds is 5. The minimum atomic E-state index is -3.58. The smallest absolute Gasteiger partial charge is 0.262 e. The van der Waals surface area contributed by atoms with Crippen LogP contribution in [0, 0.1) is 0 Å². The van der Waals surface area contributed by atoms with Crippen molar-refractivity contribution < 1.29 is 13.2 Å². The zero-order valence-corrected chi connectivity index (χ0v) is 14.0. The summed E-state index contributed by atoms with van der Waals surface area (Å²) in [5.74, 6) is 0.791. The van der Waals surface area contributed by atoms with Crippen LogP contribution < -0.4 is 4.74 Å². The third-order valence-corrected chi connectivity index (χ3v) is 6.21. The van der Waals surface area contributed by atoms with E-state index in [4.69, 9.17) is 4.74 Å². The standard InChI is InChI=1S/C15H20N4O3S/c1-18-15(11-16-17-18)23(20,21)19-9-5-7-13(19)10-12-6-3-4-8-14(12)22-2/h3-4,6,8,11,13H,5,7,9-10H2,1-2H3. The fourth-order valence-electron chi connectivity index (χ4n) is 3.09. The van der Waals surface area contributed by atoms with Crippen LogP contribution in [-0.4, -0.2) is 47.4 Å². The molecule has 1 saturated heterocycles. The number of hydrogen-bond acceptors (Lipinski definition) is 5. The maximum atomic E-state index is 12.9. The van der Waals surface area contributed by atoms with Crippen molar-refractivity contribution in [3.05, 3.63) is 36.0 Å². The Morgan fingerprint density at radius 2 is 2.13 bits per heavy atom. The predicted molar refractivity (Wildman–Crippen MR) is 84.6 cm³/mol. The second kappa shape index (κ2) is 6.29. The van der Waals surface area contributed by atoms with Gasteiger partial charge in [-0.1, -0.05) is 23.4 Å². The van der Waals surface area contributed by atoms with E-state index >= 15 is 0 Å². The number of nitrogens with zero attached hydrogens (tertiary/aromatic N) is 4. The Bertz CT molecular complexity index is 788. The summed E-state index contributed by atoms with van der Waals surface area (Å²) in [4.78, 5) is 0. The molecule has 0 N–H and O–H groups in total. The number of para-hydroxylation sites is 1. The zero-order valence-electron chi connectivity index (χ0n) is 13.2. The lowest BCUT2D eigenvalue weighted by Gasteiger charge is -2.24. The van der Waals surface area contributed by atoms with Gasteiger partial charge in [0, 0.05) is 19.6 Å². The van der Waals surface area contributed by atoms with Gasteiger partial charge in [-0.2, -0.15) is 4.31 Å². The summed E-state index contributed by atoms with van der Waals surface area (Å²) >= 11 is 0. The molecule has 1 aromatic carbocycles. The number of benzene rings is 1. The van der Waals surface area contributed by atoms with E-state index < -0.39 is 10.0 Å². The predicted octanol–water partition coefficient (Wildman–Crippen LogP) is 1.22. The van der Waals surface area contributed by atoms with Crippen LogP contribution in [0.2, 0.25) is 0 Å². The Morgan fingerprint density at radius 1 is 1.35 bits per heavy atom. The lowest BCUT2D eigenvalue weighted by molar-refractivity contribution is 0.370. The molecule has 1 unspecified atom stereocenters. The highest BCUT2D eigenvalue weighted by Gasteiger charge is 2.37. The van der Waals surface area contributed by atoms with E-state index in [-0.39, 0.29) is 11.1 Å². The zero-order chi connectivity index (χ0) is 16.4. The number of aryl methyl sites for hydroxylation is 1. The largest absolute Gasteiger partial charge is 0.496 e. The van der Waals surface area contributed by atoms with Crippen LogP contribution in [0.1, 0.15) is 18.4 Å². The molecule has 0 amide bonds. The number of ether oxygens (including phenoxy) is 1. The third-order valence-electron chi connectivity index (χ3n) is 4.22. The fourth-order valence-corrected chi connectivity index (χ4v) is 4.82. The highest BCUT2D eigenvalue weighted by Crippen LogP contribution is 2.30. The normalized spacial score (nSPS) is 19.1. The molecule has 1 aliphatic heterocycles. The Labute approximate surface area is 135 Å². The summed E-state index contributed by atoms with van der Waals surface area (Å²) in [5.41, 5.74) is 1.02. The van der Waals surface area contributed by atoms with Gasteiger partial charge in [-0.25, -0.2) is 13.1 Å². The SMILES string of the molecule is COc1ccccc1CC1CCCN1S(=O)(=O)c1cnnn1C. The van der Waals surface area contributed by atoms with E-state index in [1.807, 2.05) is 24.3 Å². The molecule has 1 fully saturated rings. The quantitative estimate of drug-likeness (QED) is 0.820. The molecule has 3 rings (SSSR count). The van der Waals surface area contributed by atoms with Crippen LogP contribution in [0.4, 0.5) is 0 Å². The topological polar surface area (TPSA) is 77.3 Å². The average molecular weight is 336 g/mol. The van der Waals surface area contributed by atoms with E-state index in [2.05, 4.69) is 10.3 Å². The highest BCUT2D eigenvalue weighted by molar-refractivity contribution is 7.89. The van der Waals surface area contributed by atoms with Crippen molar-refractivity contribution in [3.63, 3.8) is 0 Å². The van der Waals surface area contributed by atoms with Crippen molar-refractivity contribution >= 4 is 10.0 Å². The minimum Gasteiger partial charge on any atom is -0.496 e. The van der Waals surface area contributed by atoms with Crippen molar-refractivity contribution in [2.75, 3.05) is 13.7 Å². The van der Waals surface area contributed by atoms with E-state index in [0.717, 1.165) is 24.2 Å². The van der Waals surface area contributed by atoms with Crippen LogP contribution in [0.5, 0.6) is 5.75 Å². The second-order valence-corrected chi connectivity index (χ2v) is 7.46. The Hall–Kier alpha value is -1.93. The van der Waals surface area contributed by atoms with Gasteiger partial charge in [0.25, 0.3) is 10.0 Å². The van der Waals surface area contributed by atoms with Gasteiger partial charge in [-0.3, -0.25) is 0 Å². The number of hydrogen-bond donors (Lipinski definition) is 0. The first-order valence-corrected chi connectivity index (χ1v) is 8.96. The summed E-state index contributed by atoms with van der Waals surface area (Å²) in [6, 6.07) is 7.65. The van der Waals surface area contributed by atoms with Gasteiger partial charge in [0.05, 0.1) is 13.3 Å². The molecule has 0 radical (unpaired) electrons. The van der Waals surface area contributed by atoms with Crippen molar-refractivity contribution in [2.24, 2.45) is 7.05 Å². The molecule has 0 spiro atoms. The van der Waals surface area contributed by atoms with Gasteiger partial charge in [0.2, 0.25) is 0 Å². The maximum absolute atomic E-state index is 12.9. The monoisotopic (exact) mass is 336 g/mol. The molecule has 2 heterocycles. The summed E-state index contributed by atoms with van der Waals surface area (Å²) in [6.45, 7) is 0.521. The number of aromatic nitrogens is 3. The summed E-state index contributed by atoms with van der Waals surface area (Å²) < 4.78 is 34.0. The van der Waals surface area contributed by atoms with Gasteiger partial charge in [0.1, 0.15) is 5.75 Å². The Morgan fingerprint density at radius 3 is 2.83 bits per heavy atom. The minimum absolute atomic E-state index is 0.0776. The Kier molecular flexibility index (Phi) is 4.36. The molecule has 0 aliphatic carbocycles. The molecular formula is C15H20N4O3S. The van der Waals surface area contributed by atoms with Crippen LogP contribution >= 0.6 is 0 Å². The maximum Gasteiger partial charge on any atom is 0.262 e. The summed E-state index contributed by atoms with van der Waals surface area (Å²) in [7, 11) is -0.368. The van der Waals surface area contributed by atoms with Gasteiger partial charge in [0.15, 0.2) is 5.03 Å². The molecule has 0 saturated carbocycles. The molecule has 1 aromatic heterocycles. The summed E-state index contributed by atoms with van der Waals surface area (Å²) in [6.07, 6.45) is 3.62. The molecule has 23 heavy (non-hydrogen) atoms. The van der Waals surface area contributed by atoms with Crippen LogP contribution in [0.15, 0.2) is 35.5 Å². The van der Waals surface area contributed by atoms with Crippen molar-refractivity contribution in [1.82, 2.24) is 19.3 Å². The molecule has 0 bridgehead atoms. The van der Waals surface area contributed by atoms with E-state index in [1.54, 1.807) is 18.5 Å². The summed E-state index contributed by atoms with van der Waals surface area (Å²) in [5, 5.41) is 7.54. The molecule has 2 aromatic rings. The molecule has 8 heteroatoms. The first-order chi connectivity index (χ1) is 11.0. The van der Waals surface area contributed by atoms with Gasteiger partial charge in [-0.05, 0) is 30.9 Å². The lowest BCUT2D eigenvalue weighted by atomic mass is 10.0. The second-order valence-electron chi connectivity index (χ2n) is 5.62. The molecular weight excluding hydrogens is 316 g/mol. The van der Waals surface area contributed by atoms with Crippen LogP contribution in [0.25, 0.3) is 0 Å². The average Bonchev–Trinajstić information content (AvgIpc) is 3.17. The number of methoxy groups -OCH3 is 1. The number of sulfonamides is 1. The first-order valence-electron chi connectivity index (χ1n) is 7.52.